The fourth-order valence-electron chi connectivity index (χ4n) is 1.82. The molecular weight excluding hydrogens is 248 g/mol. The average Bonchev–Trinajstić information content (AvgIpc) is 2.42. The van der Waals surface area contributed by atoms with E-state index in [0.717, 1.165) is 5.56 Å². The Morgan fingerprint density at radius 3 is 2.53 bits per heavy atom. The normalized spacial score (nSPS) is 10.2. The highest BCUT2D eigenvalue weighted by atomic mass is 16.3. The number of anilines is 1. The van der Waals surface area contributed by atoms with Crippen LogP contribution in [0.25, 0.3) is 0 Å². The van der Waals surface area contributed by atoms with Gasteiger partial charge in [0.25, 0.3) is 5.56 Å². The molecule has 2 aromatic rings. The third-order valence-electron chi connectivity index (χ3n) is 2.69. The summed E-state index contributed by atoms with van der Waals surface area (Å²) in [5, 5.41) is 5.33. The predicted octanol–water partition coefficient (Wildman–Crippen LogP) is 1.02. The molecule has 7 heteroatoms. The third-order valence-corrected chi connectivity index (χ3v) is 2.69. The van der Waals surface area contributed by atoms with Crippen LogP contribution in [0.3, 0.4) is 0 Å². The van der Waals surface area contributed by atoms with Crippen molar-refractivity contribution in [1.82, 2.24) is 9.55 Å². The lowest BCUT2D eigenvalue weighted by Gasteiger charge is -2.12. The maximum Gasteiger partial charge on any atom is 0.330 e. The van der Waals surface area contributed by atoms with Crippen molar-refractivity contribution in [3.63, 3.8) is 0 Å². The van der Waals surface area contributed by atoms with Crippen LogP contribution in [-0.4, -0.2) is 16.6 Å². The Morgan fingerprint density at radius 2 is 1.95 bits per heavy atom. The Balaban J connectivity index is 2.60. The SMILES string of the molecule is CNc1c(N=O)c(=O)[nH]c(=O)n1Cc1ccccc1. The molecular formula is C12H12N4O3. The van der Waals surface area contributed by atoms with E-state index in [2.05, 4.69) is 15.5 Å². The number of nitroso groups, excluding NO2 is 1. The van der Waals surface area contributed by atoms with E-state index in [1.807, 2.05) is 30.3 Å². The fourth-order valence-corrected chi connectivity index (χ4v) is 1.82. The quantitative estimate of drug-likeness (QED) is 0.802. The molecule has 0 amide bonds. The summed E-state index contributed by atoms with van der Waals surface area (Å²) in [6, 6.07) is 9.21. The molecule has 0 aliphatic heterocycles. The van der Waals surface area contributed by atoms with Gasteiger partial charge in [-0.15, -0.1) is 4.91 Å². The molecule has 0 bridgehead atoms. The standard InChI is InChI=1S/C12H12N4O3/c1-13-10-9(15-19)11(17)14-12(18)16(10)7-8-5-3-2-4-6-8/h2-6,13H,7H2,1H3,(H,14,17,18). The minimum atomic E-state index is -0.798. The monoisotopic (exact) mass is 260 g/mol. The molecule has 7 nitrogen and oxygen atoms in total. The van der Waals surface area contributed by atoms with Gasteiger partial charge in [-0.2, -0.15) is 0 Å². The van der Waals surface area contributed by atoms with Crippen LogP contribution in [0.5, 0.6) is 0 Å². The van der Waals surface area contributed by atoms with E-state index in [1.54, 1.807) is 0 Å². The van der Waals surface area contributed by atoms with Crippen LogP contribution in [0, 0.1) is 4.91 Å². The summed E-state index contributed by atoms with van der Waals surface area (Å²) >= 11 is 0. The van der Waals surface area contributed by atoms with Crippen molar-refractivity contribution < 1.29 is 0 Å². The van der Waals surface area contributed by atoms with Crippen LogP contribution < -0.4 is 16.6 Å². The summed E-state index contributed by atoms with van der Waals surface area (Å²) in [5.74, 6) is 0.104. The summed E-state index contributed by atoms with van der Waals surface area (Å²) in [5.41, 5.74) is -0.859. The molecule has 1 heterocycles. The van der Waals surface area contributed by atoms with E-state index >= 15 is 0 Å². The first-order chi connectivity index (χ1) is 9.17. The van der Waals surface area contributed by atoms with Crippen LogP contribution in [-0.2, 0) is 6.54 Å². The van der Waals surface area contributed by atoms with Crippen LogP contribution in [0.1, 0.15) is 5.56 Å². The second-order valence-corrected chi connectivity index (χ2v) is 3.87. The van der Waals surface area contributed by atoms with Gasteiger partial charge < -0.3 is 5.32 Å². The van der Waals surface area contributed by atoms with Gasteiger partial charge in [-0.1, -0.05) is 30.3 Å². The van der Waals surface area contributed by atoms with Crippen molar-refractivity contribution in [3.8, 4) is 0 Å². The van der Waals surface area contributed by atoms with Crippen molar-refractivity contribution in [1.29, 1.82) is 0 Å². The van der Waals surface area contributed by atoms with Crippen molar-refractivity contribution in [2.75, 3.05) is 12.4 Å². The maximum absolute atomic E-state index is 11.8. The van der Waals surface area contributed by atoms with Gasteiger partial charge in [0.15, 0.2) is 0 Å². The second kappa shape index (κ2) is 5.30. The van der Waals surface area contributed by atoms with Gasteiger partial charge >= 0.3 is 5.69 Å². The zero-order valence-corrected chi connectivity index (χ0v) is 10.2. The molecule has 0 aliphatic carbocycles. The lowest BCUT2D eigenvalue weighted by Crippen LogP contribution is -2.32. The first-order valence-corrected chi connectivity index (χ1v) is 5.59. The molecule has 0 radical (unpaired) electrons. The summed E-state index contributed by atoms with van der Waals surface area (Å²) in [4.78, 5) is 36.0. The van der Waals surface area contributed by atoms with E-state index in [-0.39, 0.29) is 18.1 Å². The summed E-state index contributed by atoms with van der Waals surface area (Å²) < 4.78 is 1.26. The number of benzene rings is 1. The van der Waals surface area contributed by atoms with E-state index in [9.17, 15) is 14.5 Å². The number of aromatic amines is 1. The van der Waals surface area contributed by atoms with E-state index in [4.69, 9.17) is 0 Å². The van der Waals surface area contributed by atoms with E-state index in [0.29, 0.717) is 0 Å². The smallest absolute Gasteiger partial charge is 0.330 e. The second-order valence-electron chi connectivity index (χ2n) is 3.87. The fraction of sp³-hybridized carbons (Fsp3) is 0.167. The molecule has 98 valence electrons. The molecule has 0 unspecified atom stereocenters. The molecule has 0 aliphatic rings. The maximum atomic E-state index is 11.8. The van der Waals surface area contributed by atoms with Gasteiger partial charge in [0.1, 0.15) is 5.82 Å². The number of nitrogens with one attached hydrogen (secondary N) is 2. The minimum Gasteiger partial charge on any atom is -0.372 e. The average molecular weight is 260 g/mol. The number of rotatable bonds is 4. The van der Waals surface area contributed by atoms with Gasteiger partial charge in [0, 0.05) is 7.05 Å². The van der Waals surface area contributed by atoms with Crippen LogP contribution in [0.2, 0.25) is 0 Å². The van der Waals surface area contributed by atoms with Gasteiger partial charge in [-0.3, -0.25) is 14.3 Å². The lowest BCUT2D eigenvalue weighted by atomic mass is 10.2. The number of nitrogens with zero attached hydrogens (tertiary/aromatic N) is 2. The van der Waals surface area contributed by atoms with Gasteiger partial charge in [0.2, 0.25) is 5.69 Å². The van der Waals surface area contributed by atoms with Crippen molar-refractivity contribution in [2.45, 2.75) is 6.54 Å². The molecule has 2 N–H and O–H groups in total. The highest BCUT2D eigenvalue weighted by Gasteiger charge is 2.14. The molecule has 0 saturated carbocycles. The van der Waals surface area contributed by atoms with Gasteiger partial charge in [-0.05, 0) is 10.7 Å². The first kappa shape index (κ1) is 12.7. The van der Waals surface area contributed by atoms with Crippen molar-refractivity contribution >= 4 is 11.5 Å². The molecule has 2 rings (SSSR count). The molecule has 1 aromatic heterocycles. The summed E-state index contributed by atoms with van der Waals surface area (Å²) in [7, 11) is 1.52. The van der Waals surface area contributed by atoms with Gasteiger partial charge in [0.05, 0.1) is 6.54 Å². The highest BCUT2D eigenvalue weighted by Crippen LogP contribution is 2.17. The highest BCUT2D eigenvalue weighted by molar-refractivity contribution is 5.59. The number of aromatic nitrogens is 2. The van der Waals surface area contributed by atoms with E-state index in [1.165, 1.54) is 11.6 Å². The Labute approximate surface area is 107 Å². The van der Waals surface area contributed by atoms with Crippen LogP contribution in [0.4, 0.5) is 11.5 Å². The number of hydrogen-bond donors (Lipinski definition) is 2. The largest absolute Gasteiger partial charge is 0.372 e. The Hall–Kier alpha value is -2.70. The zero-order valence-electron chi connectivity index (χ0n) is 10.2. The van der Waals surface area contributed by atoms with Crippen LogP contribution >= 0.6 is 0 Å². The molecule has 19 heavy (non-hydrogen) atoms. The summed E-state index contributed by atoms with van der Waals surface area (Å²) in [6.45, 7) is 0.231. The minimum absolute atomic E-state index is 0.104. The third kappa shape index (κ3) is 2.44. The van der Waals surface area contributed by atoms with E-state index < -0.39 is 11.2 Å². The summed E-state index contributed by atoms with van der Waals surface area (Å²) in [6.07, 6.45) is 0. The number of hydrogen-bond acceptors (Lipinski definition) is 5. The number of H-pyrrole nitrogens is 1. The lowest BCUT2D eigenvalue weighted by molar-refractivity contribution is 0.729. The van der Waals surface area contributed by atoms with Crippen LogP contribution in [0.15, 0.2) is 45.1 Å². The molecule has 0 saturated heterocycles. The van der Waals surface area contributed by atoms with Crippen molar-refractivity contribution in [3.05, 3.63) is 61.6 Å². The predicted molar refractivity (Wildman–Crippen MR) is 71.9 cm³/mol. The van der Waals surface area contributed by atoms with Crippen molar-refractivity contribution in [2.24, 2.45) is 5.18 Å². The Morgan fingerprint density at radius 1 is 1.26 bits per heavy atom. The molecule has 0 spiro atoms. The Bertz CT molecular complexity index is 703. The molecule has 0 fully saturated rings. The topological polar surface area (TPSA) is 96.3 Å². The zero-order chi connectivity index (χ0) is 13.8. The molecule has 0 atom stereocenters. The first-order valence-electron chi connectivity index (χ1n) is 5.59. The molecule has 1 aromatic carbocycles. The van der Waals surface area contributed by atoms with Gasteiger partial charge in [-0.25, -0.2) is 4.79 Å². The Kier molecular flexibility index (Phi) is 3.56.